The minimum Gasteiger partial charge on any atom is -0.309 e. The summed E-state index contributed by atoms with van der Waals surface area (Å²) in [5.41, 5.74) is 18.6. The zero-order chi connectivity index (χ0) is 37.7. The van der Waals surface area contributed by atoms with Crippen LogP contribution in [0.3, 0.4) is 0 Å². The quantitative estimate of drug-likeness (QED) is 0.165. The number of hydrogen-bond acceptors (Lipinski definition) is 0. The number of fused-ring (bicyclic) bond motifs is 6. The van der Waals surface area contributed by atoms with Crippen molar-refractivity contribution in [3.8, 4) is 39.1 Å². The second-order valence-corrected chi connectivity index (χ2v) is 20.8. The number of rotatable bonds is 5. The van der Waals surface area contributed by atoms with E-state index in [1.165, 1.54) is 143 Å². The highest BCUT2D eigenvalue weighted by Crippen LogP contribution is 2.62. The molecule has 0 N–H and O–H groups in total. The van der Waals surface area contributed by atoms with Crippen LogP contribution >= 0.6 is 0 Å². The average Bonchev–Trinajstić information content (AvgIpc) is 3.77. The lowest BCUT2D eigenvalue weighted by atomic mass is 9.48. The Morgan fingerprint density at radius 3 is 1.76 bits per heavy atom. The fourth-order valence-corrected chi connectivity index (χ4v) is 16.0. The molecule has 9 aliphatic rings. The molecule has 1 heteroatoms. The van der Waals surface area contributed by atoms with Crippen molar-refractivity contribution in [2.75, 3.05) is 0 Å². The molecule has 8 bridgehead atoms. The van der Waals surface area contributed by atoms with Crippen LogP contribution in [0.25, 0.3) is 60.9 Å². The van der Waals surface area contributed by atoms with Crippen molar-refractivity contribution in [2.24, 2.45) is 41.4 Å². The second-order valence-electron chi connectivity index (χ2n) is 20.8. The topological polar surface area (TPSA) is 4.93 Å². The molecule has 286 valence electrons. The van der Waals surface area contributed by atoms with Crippen LogP contribution in [0.1, 0.15) is 98.8 Å². The Bertz CT molecular complexity index is 2770. The number of nitrogens with zero attached hydrogens (tertiary/aromatic N) is 1. The molecule has 16 rings (SSSR count). The lowest BCUT2D eigenvalue weighted by Gasteiger charge is -2.57. The molecule has 9 aliphatic carbocycles. The van der Waals surface area contributed by atoms with Crippen LogP contribution in [-0.2, 0) is 11.8 Å². The Morgan fingerprint density at radius 1 is 0.431 bits per heavy atom. The largest absolute Gasteiger partial charge is 0.309 e. The summed E-state index contributed by atoms with van der Waals surface area (Å²) in [6.45, 7) is 0. The molecule has 0 amide bonds. The maximum Gasteiger partial charge on any atom is 0.0541 e. The predicted molar refractivity (Wildman–Crippen MR) is 240 cm³/mol. The molecule has 0 saturated heterocycles. The third-order valence-corrected chi connectivity index (χ3v) is 17.5. The summed E-state index contributed by atoms with van der Waals surface area (Å²) in [6.07, 6.45) is 17.1. The van der Waals surface area contributed by atoms with Crippen molar-refractivity contribution in [1.82, 2.24) is 4.57 Å². The molecule has 0 spiro atoms. The van der Waals surface area contributed by atoms with Crippen molar-refractivity contribution in [3.63, 3.8) is 0 Å². The minimum atomic E-state index is 0.379. The van der Waals surface area contributed by atoms with E-state index in [9.17, 15) is 0 Å². The summed E-state index contributed by atoms with van der Waals surface area (Å²) in [7, 11) is 0. The van der Waals surface area contributed by atoms with Gasteiger partial charge in [0.1, 0.15) is 0 Å². The normalized spacial score (nSPS) is 31.0. The van der Waals surface area contributed by atoms with Gasteiger partial charge >= 0.3 is 0 Å². The summed E-state index contributed by atoms with van der Waals surface area (Å²) in [5.74, 6) is 7.34. The fourth-order valence-electron chi connectivity index (χ4n) is 16.0. The SMILES string of the molecule is c1ccc2c(c1)Cc1cc(-c3ccccc3-c3ccccc3-n3c4ccc(C5C6CC7CC(C6)CC5C7)cc4c4cc(C56CC7CC(CC(C7)C5)C6)ccc43)ccc1-2. The number of para-hydroxylation sites is 1. The standard InChI is InChI=1S/C57H53N/c1-2-8-46-39(7-1)27-42-28-40(13-16-48(42)46)47-9-3-4-10-49(47)50-11-5-6-12-53(50)58-54-17-14-41(56-43-23-34-19-35(25-43)26-44(56)24-34)29-51(54)52-30-45(15-18-55(52)58)57-31-36-20-37(32-57)22-38(21-36)33-57/h1-18,28-30,34-38,43-44,56H,19-27,31-33H2. The summed E-state index contributed by atoms with van der Waals surface area (Å²) >= 11 is 0. The first kappa shape index (κ1) is 33.0. The molecule has 0 unspecified atom stereocenters. The molecular formula is C57H53N. The Hall–Kier alpha value is -4.88. The van der Waals surface area contributed by atoms with Gasteiger partial charge in [0.25, 0.3) is 0 Å². The Kier molecular flexibility index (Phi) is 6.88. The van der Waals surface area contributed by atoms with Gasteiger partial charge in [-0.1, -0.05) is 97.1 Å². The molecule has 0 radical (unpaired) electrons. The van der Waals surface area contributed by atoms with Crippen LogP contribution in [0.5, 0.6) is 0 Å². The van der Waals surface area contributed by atoms with Crippen LogP contribution in [0.4, 0.5) is 0 Å². The maximum atomic E-state index is 2.72. The highest BCUT2D eigenvalue weighted by atomic mass is 15.0. The van der Waals surface area contributed by atoms with Gasteiger partial charge < -0.3 is 4.57 Å². The van der Waals surface area contributed by atoms with E-state index in [1.807, 2.05) is 0 Å². The smallest absolute Gasteiger partial charge is 0.0541 e. The van der Waals surface area contributed by atoms with Crippen molar-refractivity contribution in [3.05, 3.63) is 150 Å². The molecule has 7 aromatic rings. The van der Waals surface area contributed by atoms with Crippen molar-refractivity contribution in [1.29, 1.82) is 0 Å². The van der Waals surface area contributed by atoms with Crippen LogP contribution in [0.15, 0.2) is 127 Å². The molecular weight excluding hydrogens is 699 g/mol. The number of aromatic nitrogens is 1. The van der Waals surface area contributed by atoms with E-state index in [1.54, 1.807) is 11.1 Å². The first-order valence-corrected chi connectivity index (χ1v) is 23.1. The zero-order valence-electron chi connectivity index (χ0n) is 33.7. The molecule has 0 aliphatic heterocycles. The molecule has 1 nitrogen and oxygen atoms in total. The molecule has 0 atom stereocenters. The number of hydrogen-bond donors (Lipinski definition) is 0. The Labute approximate surface area is 343 Å². The lowest BCUT2D eigenvalue weighted by Crippen LogP contribution is -2.48. The van der Waals surface area contributed by atoms with E-state index in [2.05, 4.69) is 132 Å². The molecule has 1 aromatic heterocycles. The maximum absolute atomic E-state index is 2.72. The monoisotopic (exact) mass is 751 g/mol. The molecule has 6 aromatic carbocycles. The van der Waals surface area contributed by atoms with Gasteiger partial charge in [-0.05, 0) is 210 Å². The predicted octanol–water partition coefficient (Wildman–Crippen LogP) is 14.7. The summed E-state index contributed by atoms with van der Waals surface area (Å²) in [5, 5.41) is 2.96. The van der Waals surface area contributed by atoms with Gasteiger partial charge in [-0.15, -0.1) is 0 Å². The average molecular weight is 752 g/mol. The first-order valence-electron chi connectivity index (χ1n) is 23.1. The van der Waals surface area contributed by atoms with E-state index in [4.69, 9.17) is 0 Å². The van der Waals surface area contributed by atoms with Crippen LogP contribution in [-0.4, -0.2) is 4.57 Å². The lowest BCUT2D eigenvalue weighted by molar-refractivity contribution is -0.00512. The van der Waals surface area contributed by atoms with E-state index in [0.29, 0.717) is 5.41 Å². The fraction of sp³-hybridized carbons (Fsp3) is 0.368. The highest BCUT2D eigenvalue weighted by molar-refractivity contribution is 6.10. The van der Waals surface area contributed by atoms with Crippen molar-refractivity contribution in [2.45, 2.75) is 88.4 Å². The van der Waals surface area contributed by atoms with Gasteiger partial charge in [0, 0.05) is 16.3 Å². The third kappa shape index (κ3) is 4.77. The van der Waals surface area contributed by atoms with Crippen molar-refractivity contribution >= 4 is 21.8 Å². The van der Waals surface area contributed by atoms with E-state index in [-0.39, 0.29) is 0 Å². The summed E-state index contributed by atoms with van der Waals surface area (Å²) < 4.78 is 2.65. The Balaban J connectivity index is 0.944. The molecule has 8 saturated carbocycles. The van der Waals surface area contributed by atoms with Gasteiger partial charge in [-0.3, -0.25) is 0 Å². The van der Waals surface area contributed by atoms with Crippen LogP contribution < -0.4 is 0 Å². The van der Waals surface area contributed by atoms with Gasteiger partial charge in [0.05, 0.1) is 16.7 Å². The van der Waals surface area contributed by atoms with E-state index >= 15 is 0 Å². The van der Waals surface area contributed by atoms with Gasteiger partial charge in [-0.25, -0.2) is 0 Å². The van der Waals surface area contributed by atoms with Gasteiger partial charge in [0.2, 0.25) is 0 Å². The number of benzene rings is 6. The van der Waals surface area contributed by atoms with Crippen LogP contribution in [0.2, 0.25) is 0 Å². The molecule has 8 fully saturated rings. The highest BCUT2D eigenvalue weighted by Gasteiger charge is 2.52. The second kappa shape index (κ2) is 12.1. The van der Waals surface area contributed by atoms with Crippen molar-refractivity contribution < 1.29 is 0 Å². The zero-order valence-corrected chi connectivity index (χ0v) is 33.7. The third-order valence-electron chi connectivity index (χ3n) is 17.5. The van der Waals surface area contributed by atoms with Gasteiger partial charge in [-0.2, -0.15) is 0 Å². The first-order chi connectivity index (χ1) is 28.6. The van der Waals surface area contributed by atoms with Crippen LogP contribution in [0, 0.1) is 41.4 Å². The minimum absolute atomic E-state index is 0.379. The van der Waals surface area contributed by atoms with E-state index in [0.717, 1.165) is 53.8 Å². The van der Waals surface area contributed by atoms with Gasteiger partial charge in [0.15, 0.2) is 0 Å². The van der Waals surface area contributed by atoms with E-state index < -0.39 is 0 Å². The molecule has 1 heterocycles. The molecule has 58 heavy (non-hydrogen) atoms. The summed E-state index contributed by atoms with van der Waals surface area (Å²) in [4.78, 5) is 0. The summed E-state index contributed by atoms with van der Waals surface area (Å²) in [6, 6.07) is 50.3. The Morgan fingerprint density at radius 2 is 1.02 bits per heavy atom.